The zero-order valence-corrected chi connectivity index (χ0v) is 20.6. The van der Waals surface area contributed by atoms with Crippen molar-refractivity contribution in [3.63, 3.8) is 0 Å². The van der Waals surface area contributed by atoms with Gasteiger partial charge in [-0.1, -0.05) is 6.92 Å². The molecule has 2 fully saturated rings. The van der Waals surface area contributed by atoms with Crippen molar-refractivity contribution < 1.29 is 32.0 Å². The number of piperidine rings is 1. The van der Waals surface area contributed by atoms with Gasteiger partial charge in [-0.25, -0.2) is 13.2 Å². The Bertz CT molecular complexity index is 962. The number of furan rings is 1. The minimum Gasteiger partial charge on any atom is -0.460 e. The Kier molecular flexibility index (Phi) is 9.09. The minimum atomic E-state index is -3.90. The highest BCUT2D eigenvalue weighted by atomic mass is 32.2. The Morgan fingerprint density at radius 1 is 1.06 bits per heavy atom. The van der Waals surface area contributed by atoms with Gasteiger partial charge in [0.15, 0.2) is 0 Å². The first-order chi connectivity index (χ1) is 16.3. The largest absolute Gasteiger partial charge is 0.460 e. The number of rotatable bonds is 9. The van der Waals surface area contributed by atoms with Crippen LogP contribution in [0.4, 0.5) is 0 Å². The van der Waals surface area contributed by atoms with Gasteiger partial charge < -0.3 is 19.4 Å². The van der Waals surface area contributed by atoms with Gasteiger partial charge in [-0.2, -0.15) is 4.31 Å². The number of sulfonamides is 1. The molecule has 34 heavy (non-hydrogen) atoms. The Morgan fingerprint density at radius 2 is 1.74 bits per heavy atom. The van der Waals surface area contributed by atoms with Crippen LogP contribution in [0.2, 0.25) is 0 Å². The maximum atomic E-state index is 13.0. The fraction of sp³-hybridized carbons (Fsp3) is 0.682. The molecule has 3 rings (SSSR count). The van der Waals surface area contributed by atoms with Crippen molar-refractivity contribution in [3.8, 4) is 0 Å². The van der Waals surface area contributed by atoms with Crippen LogP contribution in [0.1, 0.15) is 43.7 Å². The fourth-order valence-corrected chi connectivity index (χ4v) is 5.53. The van der Waals surface area contributed by atoms with Crippen molar-refractivity contribution in [2.45, 2.75) is 38.2 Å². The molecule has 2 saturated heterocycles. The van der Waals surface area contributed by atoms with Crippen LogP contribution < -0.4 is 5.32 Å². The molecule has 0 aliphatic carbocycles. The second-order valence-electron chi connectivity index (χ2n) is 8.47. The highest BCUT2D eigenvalue weighted by Crippen LogP contribution is 2.26. The molecule has 0 spiro atoms. The van der Waals surface area contributed by atoms with Gasteiger partial charge >= 0.3 is 5.97 Å². The maximum Gasteiger partial charge on any atom is 0.374 e. The van der Waals surface area contributed by atoms with Gasteiger partial charge in [0.1, 0.15) is 0 Å². The van der Waals surface area contributed by atoms with Crippen molar-refractivity contribution in [2.24, 2.45) is 5.92 Å². The quantitative estimate of drug-likeness (QED) is 0.488. The van der Waals surface area contributed by atoms with Crippen LogP contribution >= 0.6 is 0 Å². The second kappa shape index (κ2) is 11.8. The molecule has 2 amide bonds. The van der Waals surface area contributed by atoms with Gasteiger partial charge in [0.25, 0.3) is 10.0 Å². The molecule has 3 heterocycles. The van der Waals surface area contributed by atoms with Crippen LogP contribution in [0.25, 0.3) is 0 Å². The summed E-state index contributed by atoms with van der Waals surface area (Å²) in [6.07, 6.45) is 1.73. The summed E-state index contributed by atoms with van der Waals surface area (Å²) >= 11 is 0. The van der Waals surface area contributed by atoms with E-state index in [0.717, 1.165) is 6.42 Å². The first-order valence-corrected chi connectivity index (χ1v) is 13.2. The Labute approximate surface area is 200 Å². The third kappa shape index (κ3) is 6.36. The molecule has 0 bridgehead atoms. The molecule has 11 nitrogen and oxygen atoms in total. The molecule has 0 unspecified atom stereocenters. The summed E-state index contributed by atoms with van der Waals surface area (Å²) < 4.78 is 37.1. The molecule has 0 atom stereocenters. The number of carbonyl (C=O) groups is 3. The van der Waals surface area contributed by atoms with Crippen LogP contribution in [0, 0.1) is 5.92 Å². The summed E-state index contributed by atoms with van der Waals surface area (Å²) in [6.45, 7) is 7.61. The van der Waals surface area contributed by atoms with Crippen LogP contribution in [-0.2, 0) is 24.3 Å². The van der Waals surface area contributed by atoms with E-state index in [-0.39, 0.29) is 48.3 Å². The first kappa shape index (κ1) is 26.2. The first-order valence-electron chi connectivity index (χ1n) is 11.8. The van der Waals surface area contributed by atoms with E-state index >= 15 is 0 Å². The molecular weight excluding hydrogens is 464 g/mol. The monoisotopic (exact) mass is 498 g/mol. The molecular formula is C22H34N4O7S. The van der Waals surface area contributed by atoms with Crippen molar-refractivity contribution in [1.82, 2.24) is 19.4 Å². The summed E-state index contributed by atoms with van der Waals surface area (Å²) in [5, 5.41) is 2.56. The standard InChI is InChI=1S/C22H34N4O7S/c1-3-9-23-19(27)16-24-12-14-25(15-13-24)21(28)17-7-10-26(11-8-17)34(30,31)20-6-5-18(33-20)22(29)32-4-2/h5-6,17H,3-4,7-16H2,1-2H3,(H,23,27). The lowest BCUT2D eigenvalue weighted by molar-refractivity contribution is -0.138. The van der Waals surface area contributed by atoms with Crippen LogP contribution in [0.3, 0.4) is 0 Å². The predicted octanol–water partition coefficient (Wildman–Crippen LogP) is 0.527. The van der Waals surface area contributed by atoms with E-state index in [0.29, 0.717) is 52.1 Å². The number of esters is 1. The minimum absolute atomic E-state index is 0.00106. The van der Waals surface area contributed by atoms with Gasteiger partial charge in [-0.15, -0.1) is 0 Å². The Morgan fingerprint density at radius 3 is 2.35 bits per heavy atom. The molecule has 0 aromatic carbocycles. The van der Waals surface area contributed by atoms with Crippen molar-refractivity contribution >= 4 is 27.8 Å². The Hall–Kier alpha value is -2.44. The maximum absolute atomic E-state index is 13.0. The van der Waals surface area contributed by atoms with Gasteiger partial charge in [-0.3, -0.25) is 14.5 Å². The number of ether oxygens (including phenoxy) is 1. The number of nitrogens with zero attached hydrogens (tertiary/aromatic N) is 3. The predicted molar refractivity (Wildman–Crippen MR) is 122 cm³/mol. The zero-order chi connectivity index (χ0) is 24.7. The molecule has 12 heteroatoms. The van der Waals surface area contributed by atoms with Gasteiger partial charge in [0.2, 0.25) is 22.7 Å². The molecule has 190 valence electrons. The van der Waals surface area contributed by atoms with Crippen molar-refractivity contribution in [3.05, 3.63) is 17.9 Å². The lowest BCUT2D eigenvalue weighted by Crippen LogP contribution is -2.53. The van der Waals surface area contributed by atoms with E-state index in [2.05, 4.69) is 5.32 Å². The van der Waals surface area contributed by atoms with E-state index in [4.69, 9.17) is 9.15 Å². The van der Waals surface area contributed by atoms with E-state index < -0.39 is 16.0 Å². The third-order valence-corrected chi connectivity index (χ3v) is 7.85. The topological polar surface area (TPSA) is 129 Å². The summed E-state index contributed by atoms with van der Waals surface area (Å²) in [5.41, 5.74) is 0. The van der Waals surface area contributed by atoms with Gasteiger partial charge in [-0.05, 0) is 38.3 Å². The van der Waals surface area contributed by atoms with Gasteiger partial charge in [0, 0.05) is 51.7 Å². The normalized spacial score (nSPS) is 18.6. The smallest absolute Gasteiger partial charge is 0.374 e. The molecule has 2 aliphatic heterocycles. The van der Waals surface area contributed by atoms with Crippen LogP contribution in [-0.4, -0.2) is 99.3 Å². The van der Waals surface area contributed by atoms with E-state index in [9.17, 15) is 22.8 Å². The van der Waals surface area contributed by atoms with Gasteiger partial charge in [0.05, 0.1) is 13.2 Å². The van der Waals surface area contributed by atoms with Crippen LogP contribution in [0.15, 0.2) is 21.6 Å². The lowest BCUT2D eigenvalue weighted by Gasteiger charge is -2.38. The number of nitrogens with one attached hydrogen (secondary N) is 1. The Balaban J connectivity index is 1.48. The number of hydrogen-bond acceptors (Lipinski definition) is 8. The molecule has 1 aromatic rings. The third-order valence-electron chi connectivity index (χ3n) is 6.08. The number of amides is 2. The molecule has 0 saturated carbocycles. The average molecular weight is 499 g/mol. The molecule has 1 N–H and O–H groups in total. The number of hydrogen-bond donors (Lipinski definition) is 1. The van der Waals surface area contributed by atoms with Crippen molar-refractivity contribution in [2.75, 3.05) is 59.0 Å². The SMILES string of the molecule is CCCNC(=O)CN1CCN(C(=O)C2CCN(S(=O)(=O)c3ccc(C(=O)OCC)o3)CC2)CC1. The summed E-state index contributed by atoms with van der Waals surface area (Å²) in [7, 11) is -3.90. The number of carbonyl (C=O) groups excluding carboxylic acids is 3. The summed E-state index contributed by atoms with van der Waals surface area (Å²) in [5.74, 6) is -1.07. The summed E-state index contributed by atoms with van der Waals surface area (Å²) in [4.78, 5) is 40.5. The molecule has 2 aliphatic rings. The highest BCUT2D eigenvalue weighted by molar-refractivity contribution is 7.89. The van der Waals surface area contributed by atoms with E-state index in [1.54, 1.807) is 6.92 Å². The second-order valence-corrected chi connectivity index (χ2v) is 10.3. The van der Waals surface area contributed by atoms with Crippen molar-refractivity contribution in [1.29, 1.82) is 0 Å². The molecule has 1 aromatic heterocycles. The highest BCUT2D eigenvalue weighted by Gasteiger charge is 2.36. The molecule has 0 radical (unpaired) electrons. The average Bonchev–Trinajstić information content (AvgIpc) is 3.35. The lowest BCUT2D eigenvalue weighted by atomic mass is 9.96. The van der Waals surface area contributed by atoms with E-state index in [1.807, 2.05) is 16.7 Å². The zero-order valence-electron chi connectivity index (χ0n) is 19.8. The van der Waals surface area contributed by atoms with E-state index in [1.165, 1.54) is 16.4 Å². The number of piperazine rings is 1. The summed E-state index contributed by atoms with van der Waals surface area (Å²) in [6, 6.07) is 2.54. The fourth-order valence-electron chi connectivity index (χ4n) is 4.15. The van der Waals surface area contributed by atoms with Crippen LogP contribution in [0.5, 0.6) is 0 Å².